The SMILES string of the molecule is CCCC(C)N(C)c1ccc(C(=O)O)c(Br)c1F. The van der Waals surface area contributed by atoms with Crippen molar-refractivity contribution in [1.29, 1.82) is 0 Å². The molecule has 0 fully saturated rings. The molecule has 1 aromatic rings. The van der Waals surface area contributed by atoms with E-state index in [1.54, 1.807) is 0 Å². The van der Waals surface area contributed by atoms with Crippen molar-refractivity contribution in [3.05, 3.63) is 28.0 Å². The molecule has 0 aliphatic heterocycles. The summed E-state index contributed by atoms with van der Waals surface area (Å²) < 4.78 is 14.1. The summed E-state index contributed by atoms with van der Waals surface area (Å²) in [5.41, 5.74) is 0.348. The zero-order valence-electron chi connectivity index (χ0n) is 10.7. The van der Waals surface area contributed by atoms with E-state index in [1.165, 1.54) is 12.1 Å². The van der Waals surface area contributed by atoms with Crippen LogP contribution in [0.3, 0.4) is 0 Å². The van der Waals surface area contributed by atoms with Gasteiger partial charge in [-0.2, -0.15) is 0 Å². The Morgan fingerprint density at radius 2 is 2.17 bits per heavy atom. The first-order chi connectivity index (χ1) is 8.40. The Morgan fingerprint density at radius 3 is 2.67 bits per heavy atom. The minimum atomic E-state index is -1.14. The summed E-state index contributed by atoms with van der Waals surface area (Å²) >= 11 is 3.01. The molecular weight excluding hydrogens is 301 g/mol. The highest BCUT2D eigenvalue weighted by atomic mass is 79.9. The third kappa shape index (κ3) is 3.02. The van der Waals surface area contributed by atoms with Crippen molar-refractivity contribution in [2.24, 2.45) is 0 Å². The van der Waals surface area contributed by atoms with E-state index >= 15 is 0 Å². The molecular formula is C13H17BrFNO2. The van der Waals surface area contributed by atoms with Gasteiger partial charge in [-0.05, 0) is 41.4 Å². The third-order valence-corrected chi connectivity index (χ3v) is 3.82. The van der Waals surface area contributed by atoms with Crippen molar-refractivity contribution in [1.82, 2.24) is 0 Å². The summed E-state index contributed by atoms with van der Waals surface area (Å²) in [4.78, 5) is 12.7. The number of halogens is 2. The summed E-state index contributed by atoms with van der Waals surface area (Å²) in [7, 11) is 1.81. The van der Waals surface area contributed by atoms with Crippen LogP contribution < -0.4 is 4.90 Å². The van der Waals surface area contributed by atoms with Crippen LogP contribution in [0.25, 0.3) is 0 Å². The fraction of sp³-hybridized carbons (Fsp3) is 0.462. The summed E-state index contributed by atoms with van der Waals surface area (Å²) in [5.74, 6) is -1.67. The molecule has 5 heteroatoms. The van der Waals surface area contributed by atoms with E-state index in [0.717, 1.165) is 12.8 Å². The predicted molar refractivity (Wildman–Crippen MR) is 73.8 cm³/mol. The second-order valence-corrected chi connectivity index (χ2v) is 5.11. The molecule has 0 amide bonds. The second-order valence-electron chi connectivity index (χ2n) is 4.31. The Kier molecular flexibility index (Phi) is 5.14. The fourth-order valence-corrected chi connectivity index (χ4v) is 2.33. The van der Waals surface area contributed by atoms with Crippen molar-refractivity contribution in [3.63, 3.8) is 0 Å². The van der Waals surface area contributed by atoms with Gasteiger partial charge in [-0.1, -0.05) is 13.3 Å². The molecule has 0 spiro atoms. The summed E-state index contributed by atoms with van der Waals surface area (Å²) in [6, 6.07) is 3.13. The molecule has 3 nitrogen and oxygen atoms in total. The maximum Gasteiger partial charge on any atom is 0.336 e. The standard InChI is InChI=1S/C13H17BrFNO2/c1-4-5-8(2)16(3)10-7-6-9(13(17)18)11(14)12(10)15/h6-8H,4-5H2,1-3H3,(H,17,18). The van der Waals surface area contributed by atoms with Crippen LogP contribution in [-0.4, -0.2) is 24.2 Å². The third-order valence-electron chi connectivity index (χ3n) is 3.04. The molecule has 1 unspecified atom stereocenters. The lowest BCUT2D eigenvalue weighted by molar-refractivity contribution is 0.0695. The van der Waals surface area contributed by atoms with Gasteiger partial charge in [0.2, 0.25) is 0 Å². The Morgan fingerprint density at radius 1 is 1.56 bits per heavy atom. The van der Waals surface area contributed by atoms with Gasteiger partial charge >= 0.3 is 5.97 Å². The molecule has 1 rings (SSSR count). The maximum atomic E-state index is 14.1. The van der Waals surface area contributed by atoms with Crippen molar-refractivity contribution in [2.75, 3.05) is 11.9 Å². The van der Waals surface area contributed by atoms with Gasteiger partial charge in [0.1, 0.15) is 0 Å². The van der Waals surface area contributed by atoms with E-state index in [1.807, 2.05) is 18.9 Å². The van der Waals surface area contributed by atoms with Crippen molar-refractivity contribution in [2.45, 2.75) is 32.7 Å². The molecule has 100 valence electrons. The lowest BCUT2D eigenvalue weighted by Gasteiger charge is -2.27. The average Bonchev–Trinajstić information content (AvgIpc) is 2.31. The number of carboxylic acid groups (broad SMARTS) is 1. The van der Waals surface area contributed by atoms with Gasteiger partial charge in [0.25, 0.3) is 0 Å². The molecule has 1 aromatic carbocycles. The largest absolute Gasteiger partial charge is 0.478 e. The quantitative estimate of drug-likeness (QED) is 0.895. The van der Waals surface area contributed by atoms with Crippen LogP contribution in [-0.2, 0) is 0 Å². The number of hydrogen-bond donors (Lipinski definition) is 1. The number of aromatic carboxylic acids is 1. The molecule has 0 saturated carbocycles. The van der Waals surface area contributed by atoms with Gasteiger partial charge < -0.3 is 10.0 Å². The van der Waals surface area contributed by atoms with E-state index in [0.29, 0.717) is 5.69 Å². The number of anilines is 1. The van der Waals surface area contributed by atoms with Gasteiger partial charge in [0.05, 0.1) is 15.7 Å². The Bertz CT molecular complexity index is 451. The Hall–Kier alpha value is -1.10. The summed E-state index contributed by atoms with van der Waals surface area (Å²) in [6.45, 7) is 4.09. The molecule has 0 saturated heterocycles. The highest BCUT2D eigenvalue weighted by molar-refractivity contribution is 9.10. The van der Waals surface area contributed by atoms with Crippen LogP contribution in [0.15, 0.2) is 16.6 Å². The molecule has 0 bridgehead atoms. The first kappa shape index (κ1) is 15.0. The normalized spacial score (nSPS) is 12.3. The minimum Gasteiger partial charge on any atom is -0.478 e. The van der Waals surface area contributed by atoms with Gasteiger partial charge in [0.15, 0.2) is 5.82 Å². The summed E-state index contributed by atoms with van der Waals surface area (Å²) in [5, 5.41) is 8.90. The van der Waals surface area contributed by atoms with Gasteiger partial charge in [0, 0.05) is 13.1 Å². The topological polar surface area (TPSA) is 40.5 Å². The zero-order valence-corrected chi connectivity index (χ0v) is 12.3. The zero-order chi connectivity index (χ0) is 13.9. The predicted octanol–water partition coefficient (Wildman–Crippen LogP) is 3.91. The van der Waals surface area contributed by atoms with Crippen molar-refractivity contribution >= 4 is 27.6 Å². The van der Waals surface area contributed by atoms with Gasteiger partial charge in [-0.3, -0.25) is 0 Å². The van der Waals surface area contributed by atoms with Crippen LogP contribution >= 0.6 is 15.9 Å². The van der Waals surface area contributed by atoms with E-state index in [2.05, 4.69) is 22.9 Å². The van der Waals surface area contributed by atoms with E-state index in [4.69, 9.17) is 5.11 Å². The minimum absolute atomic E-state index is 0.00282. The first-order valence-corrected chi connectivity index (χ1v) is 6.63. The number of nitrogens with zero attached hydrogens (tertiary/aromatic N) is 1. The molecule has 0 heterocycles. The van der Waals surface area contributed by atoms with E-state index in [9.17, 15) is 9.18 Å². The molecule has 18 heavy (non-hydrogen) atoms. The molecule has 1 atom stereocenters. The number of carboxylic acids is 1. The molecule has 0 aliphatic rings. The second kappa shape index (κ2) is 6.18. The molecule has 0 aromatic heterocycles. The molecule has 0 aliphatic carbocycles. The Labute approximate surface area is 115 Å². The lowest BCUT2D eigenvalue weighted by atomic mass is 10.1. The number of rotatable bonds is 5. The molecule has 1 N–H and O–H groups in total. The number of carbonyl (C=O) groups is 1. The monoisotopic (exact) mass is 317 g/mol. The number of benzene rings is 1. The number of hydrogen-bond acceptors (Lipinski definition) is 2. The fourth-order valence-electron chi connectivity index (χ4n) is 1.83. The van der Waals surface area contributed by atoms with Crippen LogP contribution in [0.2, 0.25) is 0 Å². The van der Waals surface area contributed by atoms with Crippen molar-refractivity contribution in [3.8, 4) is 0 Å². The van der Waals surface area contributed by atoms with Crippen LogP contribution in [0.5, 0.6) is 0 Å². The molecule has 0 radical (unpaired) electrons. The highest BCUT2D eigenvalue weighted by Crippen LogP contribution is 2.30. The smallest absolute Gasteiger partial charge is 0.336 e. The Balaban J connectivity index is 3.12. The van der Waals surface area contributed by atoms with Crippen LogP contribution in [0.1, 0.15) is 37.0 Å². The average molecular weight is 318 g/mol. The first-order valence-electron chi connectivity index (χ1n) is 5.84. The van der Waals surface area contributed by atoms with Gasteiger partial charge in [-0.15, -0.1) is 0 Å². The highest BCUT2D eigenvalue weighted by Gasteiger charge is 2.19. The lowest BCUT2D eigenvalue weighted by Crippen LogP contribution is -2.29. The van der Waals surface area contributed by atoms with Gasteiger partial charge in [-0.25, -0.2) is 9.18 Å². The maximum absolute atomic E-state index is 14.1. The van der Waals surface area contributed by atoms with Crippen molar-refractivity contribution < 1.29 is 14.3 Å². The van der Waals surface area contributed by atoms with Crippen LogP contribution in [0, 0.1) is 5.82 Å². The van der Waals surface area contributed by atoms with E-state index < -0.39 is 11.8 Å². The van der Waals surface area contributed by atoms with Crippen LogP contribution in [0.4, 0.5) is 10.1 Å². The summed E-state index contributed by atoms with van der Waals surface area (Å²) in [6.07, 6.45) is 1.97. The van der Waals surface area contributed by atoms with E-state index in [-0.39, 0.29) is 16.1 Å².